The van der Waals surface area contributed by atoms with Gasteiger partial charge in [0.2, 0.25) is 10.0 Å². The lowest BCUT2D eigenvalue weighted by molar-refractivity contribution is 0.0605. The van der Waals surface area contributed by atoms with Crippen molar-refractivity contribution >= 4 is 33.2 Å². The minimum atomic E-state index is -3.69. The summed E-state index contributed by atoms with van der Waals surface area (Å²) in [5, 5.41) is 9.94. The van der Waals surface area contributed by atoms with Gasteiger partial charge in [-0.3, -0.25) is 0 Å². The van der Waals surface area contributed by atoms with Crippen molar-refractivity contribution in [2.75, 3.05) is 13.1 Å². The van der Waals surface area contributed by atoms with E-state index in [1.165, 1.54) is 16.6 Å². The second-order valence-corrected chi connectivity index (χ2v) is 7.34. The molecule has 1 saturated heterocycles. The largest absolute Gasteiger partial charge is 0.391 e. The molecular weight excluding hydrogens is 311 g/mol. The first-order valence-corrected chi connectivity index (χ1v) is 8.01. The molecule has 106 valence electrons. The van der Waals surface area contributed by atoms with E-state index in [4.69, 9.17) is 23.2 Å². The van der Waals surface area contributed by atoms with E-state index in [0.717, 1.165) is 0 Å². The maximum absolute atomic E-state index is 12.4. The number of β-amino-alcohol motifs (C(OH)–C–C–N with tert-alkyl or cyclic N) is 1. The summed E-state index contributed by atoms with van der Waals surface area (Å²) in [5.41, 5.74) is 0. The van der Waals surface area contributed by atoms with E-state index in [9.17, 15) is 13.5 Å². The number of hydrogen-bond donors (Lipinski definition) is 1. The third-order valence-electron chi connectivity index (χ3n) is 3.29. The monoisotopic (exact) mass is 324 g/mol. The third-order valence-corrected chi connectivity index (χ3v) is 5.81. The summed E-state index contributed by atoms with van der Waals surface area (Å²) in [7, 11) is -3.69. The number of piperidine rings is 1. The molecule has 1 aromatic rings. The summed E-state index contributed by atoms with van der Waals surface area (Å²) in [6, 6.07) is 1.27. The summed E-state index contributed by atoms with van der Waals surface area (Å²) >= 11 is 11.5. The van der Waals surface area contributed by atoms with Gasteiger partial charge in [0.25, 0.3) is 0 Å². The van der Waals surface area contributed by atoms with E-state index in [2.05, 4.69) is 4.98 Å². The van der Waals surface area contributed by atoms with Crippen LogP contribution in [0.3, 0.4) is 0 Å². The molecule has 1 aliphatic rings. The molecule has 1 aromatic heterocycles. The predicted octanol–water partition coefficient (Wildman–Crippen LogP) is 1.78. The Hall–Kier alpha value is -0.400. The lowest BCUT2D eigenvalue weighted by atomic mass is 9.98. The molecule has 1 fully saturated rings. The van der Waals surface area contributed by atoms with Crippen molar-refractivity contribution in [1.82, 2.24) is 9.29 Å². The van der Waals surface area contributed by atoms with Crippen LogP contribution in [0, 0.1) is 5.92 Å². The normalized spacial score (nSPS) is 25.5. The molecule has 0 saturated carbocycles. The molecule has 1 N–H and O–H groups in total. The molecule has 0 amide bonds. The molecule has 2 rings (SSSR count). The number of nitrogens with zero attached hydrogens (tertiary/aromatic N) is 2. The minimum absolute atomic E-state index is 0.0105. The van der Waals surface area contributed by atoms with Crippen LogP contribution >= 0.6 is 23.2 Å². The highest BCUT2D eigenvalue weighted by Gasteiger charge is 2.33. The van der Waals surface area contributed by atoms with Gasteiger partial charge >= 0.3 is 0 Å². The standard InChI is InChI=1S/C11H14Cl2N2O3S/c1-7-2-3-15(6-10(7)16)19(17,18)8-4-9(12)11(13)14-5-8/h4-5,7,10,16H,2-3,6H2,1H3. The number of aliphatic hydroxyl groups excluding tert-OH is 1. The molecule has 8 heteroatoms. The Morgan fingerprint density at radius 2 is 2.16 bits per heavy atom. The first kappa shape index (κ1) is 15.0. The summed E-state index contributed by atoms with van der Waals surface area (Å²) in [6.07, 6.45) is 1.14. The molecule has 0 aliphatic carbocycles. The fourth-order valence-corrected chi connectivity index (χ4v) is 3.71. The van der Waals surface area contributed by atoms with Gasteiger partial charge in [-0.2, -0.15) is 4.31 Å². The van der Waals surface area contributed by atoms with Crippen molar-refractivity contribution in [3.8, 4) is 0 Å². The quantitative estimate of drug-likeness (QED) is 0.842. The van der Waals surface area contributed by atoms with Crippen LogP contribution in [0.25, 0.3) is 0 Å². The van der Waals surface area contributed by atoms with Crippen LogP contribution in [0.2, 0.25) is 10.2 Å². The number of sulfonamides is 1. The van der Waals surface area contributed by atoms with Gasteiger partial charge in [0.1, 0.15) is 10.0 Å². The van der Waals surface area contributed by atoms with Crippen LogP contribution in [-0.2, 0) is 10.0 Å². The van der Waals surface area contributed by atoms with E-state index < -0.39 is 16.1 Å². The second kappa shape index (κ2) is 5.54. The van der Waals surface area contributed by atoms with Crippen LogP contribution in [0.5, 0.6) is 0 Å². The number of hydrogen-bond acceptors (Lipinski definition) is 4. The Kier molecular flexibility index (Phi) is 4.37. The zero-order valence-corrected chi connectivity index (χ0v) is 12.6. The minimum Gasteiger partial charge on any atom is -0.391 e. The highest BCUT2D eigenvalue weighted by Crippen LogP contribution is 2.27. The van der Waals surface area contributed by atoms with Gasteiger partial charge in [-0.05, 0) is 18.4 Å². The molecule has 2 heterocycles. The first-order chi connectivity index (χ1) is 8.82. The van der Waals surface area contributed by atoms with E-state index in [0.29, 0.717) is 13.0 Å². The molecule has 0 bridgehead atoms. The topological polar surface area (TPSA) is 70.5 Å². The van der Waals surface area contributed by atoms with Crippen molar-refractivity contribution in [2.45, 2.75) is 24.3 Å². The highest BCUT2D eigenvalue weighted by atomic mass is 35.5. The average molecular weight is 325 g/mol. The molecule has 2 atom stereocenters. The molecule has 2 unspecified atom stereocenters. The Morgan fingerprint density at radius 3 is 2.74 bits per heavy atom. The fraction of sp³-hybridized carbons (Fsp3) is 0.545. The maximum atomic E-state index is 12.4. The van der Waals surface area contributed by atoms with Crippen LogP contribution in [0.1, 0.15) is 13.3 Å². The molecule has 5 nitrogen and oxygen atoms in total. The predicted molar refractivity (Wildman–Crippen MR) is 72.8 cm³/mol. The average Bonchev–Trinajstić information content (AvgIpc) is 2.35. The van der Waals surface area contributed by atoms with Crippen LogP contribution < -0.4 is 0 Å². The summed E-state index contributed by atoms with van der Waals surface area (Å²) in [6.45, 7) is 2.36. The van der Waals surface area contributed by atoms with Crippen LogP contribution in [0.4, 0.5) is 0 Å². The number of aliphatic hydroxyl groups is 1. The Morgan fingerprint density at radius 1 is 1.47 bits per heavy atom. The maximum Gasteiger partial charge on any atom is 0.244 e. The molecule has 0 aromatic carbocycles. The lowest BCUT2D eigenvalue weighted by Crippen LogP contribution is -2.45. The molecular formula is C11H14Cl2N2O3S. The highest BCUT2D eigenvalue weighted by molar-refractivity contribution is 7.89. The van der Waals surface area contributed by atoms with Gasteiger partial charge in [0.05, 0.1) is 11.1 Å². The summed E-state index contributed by atoms with van der Waals surface area (Å²) in [4.78, 5) is 3.73. The van der Waals surface area contributed by atoms with E-state index in [1.807, 2.05) is 6.92 Å². The zero-order valence-electron chi connectivity index (χ0n) is 10.3. The first-order valence-electron chi connectivity index (χ1n) is 5.81. The van der Waals surface area contributed by atoms with Gasteiger partial charge in [-0.25, -0.2) is 13.4 Å². The van der Waals surface area contributed by atoms with Crippen molar-refractivity contribution in [1.29, 1.82) is 0 Å². The van der Waals surface area contributed by atoms with Gasteiger partial charge in [0.15, 0.2) is 0 Å². The van der Waals surface area contributed by atoms with Crippen molar-refractivity contribution < 1.29 is 13.5 Å². The molecule has 0 spiro atoms. The van der Waals surface area contributed by atoms with Crippen molar-refractivity contribution in [3.63, 3.8) is 0 Å². The SMILES string of the molecule is CC1CCN(S(=O)(=O)c2cnc(Cl)c(Cl)c2)CC1O. The Balaban J connectivity index is 2.29. The van der Waals surface area contributed by atoms with Crippen LogP contribution in [0.15, 0.2) is 17.2 Å². The zero-order chi connectivity index (χ0) is 14.2. The number of pyridine rings is 1. The number of rotatable bonds is 2. The third kappa shape index (κ3) is 3.03. The summed E-state index contributed by atoms with van der Waals surface area (Å²) in [5.74, 6) is 0.0957. The Labute approximate surface area is 122 Å². The lowest BCUT2D eigenvalue weighted by Gasteiger charge is -2.33. The van der Waals surface area contributed by atoms with E-state index in [1.54, 1.807) is 0 Å². The molecule has 1 aliphatic heterocycles. The van der Waals surface area contributed by atoms with Gasteiger partial charge in [0, 0.05) is 19.3 Å². The van der Waals surface area contributed by atoms with Gasteiger partial charge < -0.3 is 5.11 Å². The van der Waals surface area contributed by atoms with E-state index >= 15 is 0 Å². The smallest absolute Gasteiger partial charge is 0.244 e. The Bertz CT molecular complexity index is 579. The van der Waals surface area contributed by atoms with E-state index in [-0.39, 0.29) is 27.5 Å². The van der Waals surface area contributed by atoms with Crippen LogP contribution in [-0.4, -0.2) is 42.0 Å². The number of aromatic nitrogens is 1. The summed E-state index contributed by atoms with van der Waals surface area (Å²) < 4.78 is 26.0. The fourth-order valence-electron chi connectivity index (χ4n) is 1.93. The molecule has 0 radical (unpaired) electrons. The molecule has 19 heavy (non-hydrogen) atoms. The van der Waals surface area contributed by atoms with Gasteiger partial charge in [-0.1, -0.05) is 30.1 Å². The van der Waals surface area contributed by atoms with Crippen molar-refractivity contribution in [3.05, 3.63) is 22.4 Å². The van der Waals surface area contributed by atoms with Gasteiger partial charge in [-0.15, -0.1) is 0 Å². The second-order valence-electron chi connectivity index (χ2n) is 4.64. The number of halogens is 2. The van der Waals surface area contributed by atoms with Crippen molar-refractivity contribution in [2.24, 2.45) is 5.92 Å².